The molecule has 5 rings (SSSR count). The fourth-order valence-corrected chi connectivity index (χ4v) is 7.60. The van der Waals surface area contributed by atoms with Crippen molar-refractivity contribution in [2.75, 3.05) is 93.4 Å². The van der Waals surface area contributed by atoms with E-state index in [1.807, 2.05) is 17.9 Å². The molecule has 5 aliphatic rings. The van der Waals surface area contributed by atoms with Gasteiger partial charge in [0.1, 0.15) is 0 Å². The van der Waals surface area contributed by atoms with Crippen molar-refractivity contribution >= 4 is 23.0 Å². The van der Waals surface area contributed by atoms with E-state index in [4.69, 9.17) is 43.4 Å². The average Bonchev–Trinajstić information content (AvgIpc) is 3.92. The van der Waals surface area contributed by atoms with E-state index in [1.54, 1.807) is 14.2 Å². The summed E-state index contributed by atoms with van der Waals surface area (Å²) >= 11 is 0. The average molecular weight is 802 g/mol. The highest BCUT2D eigenvalue weighted by molar-refractivity contribution is 6.18. The van der Waals surface area contributed by atoms with Gasteiger partial charge < -0.3 is 43.7 Å². The third kappa shape index (κ3) is 11.3. The number of ether oxygens (including phenoxy) is 6. The molecule has 0 aromatic carbocycles. The molecule has 2 N–H and O–H groups in total. The zero-order chi connectivity index (χ0) is 41.6. The molecule has 0 aromatic rings. The lowest BCUT2D eigenvalue weighted by Gasteiger charge is -2.24. The van der Waals surface area contributed by atoms with Crippen molar-refractivity contribution in [1.82, 2.24) is 10.2 Å². The Hall–Kier alpha value is -4.24. The van der Waals surface area contributed by atoms with Crippen molar-refractivity contribution in [2.24, 2.45) is 26.8 Å². The number of carbonyl (C=O) groups is 1. The molecule has 316 valence electrons. The van der Waals surface area contributed by atoms with E-state index in [-0.39, 0.29) is 17.7 Å². The minimum atomic E-state index is 0.0107. The molecule has 5 heterocycles. The van der Waals surface area contributed by atoms with Gasteiger partial charge in [-0.05, 0) is 92.7 Å². The molecule has 0 radical (unpaired) electrons. The molecular formula is C45H63N5O8. The van der Waals surface area contributed by atoms with Crippen LogP contribution < -0.4 is 5.32 Å². The standard InChI is InChI=1S/C45H63N5O8/c1-9-34-30(3)40-27-43-36(28-51)32(5)39(48-43)26-41-31(4)35(45(49-41)33(6)38-24-29(2)37(46-38)25-42(34)47-40)10-11-44(52)50(12-14-55-20-22-57-18-16-53-7)13-15-56-21-23-58-19-17-54-8/h24-28,31,35,49,51H,9-23H2,1-8H3/t31-,35-/m0/s1. The molecule has 13 nitrogen and oxygen atoms in total. The highest BCUT2D eigenvalue weighted by Crippen LogP contribution is 2.41. The molecule has 5 aliphatic heterocycles. The number of allylic oxidation sites excluding steroid dienone is 12. The normalized spacial score (nSPS) is 21.0. The first-order valence-corrected chi connectivity index (χ1v) is 20.5. The van der Waals surface area contributed by atoms with E-state index in [2.05, 4.69) is 58.2 Å². The number of hydrogen-bond donors (Lipinski definition) is 2. The van der Waals surface area contributed by atoms with Crippen molar-refractivity contribution in [1.29, 1.82) is 0 Å². The van der Waals surface area contributed by atoms with E-state index in [0.29, 0.717) is 103 Å². The van der Waals surface area contributed by atoms with Gasteiger partial charge in [-0.3, -0.25) is 4.79 Å². The Morgan fingerprint density at radius 3 is 1.93 bits per heavy atom. The van der Waals surface area contributed by atoms with Crippen LogP contribution >= 0.6 is 0 Å². The molecule has 1 amide bonds. The van der Waals surface area contributed by atoms with Gasteiger partial charge in [-0.25, -0.2) is 15.0 Å². The first-order valence-electron chi connectivity index (χ1n) is 20.5. The summed E-state index contributed by atoms with van der Waals surface area (Å²) in [5.74, 6) is 0.0982. The van der Waals surface area contributed by atoms with E-state index < -0.39 is 0 Å². The maximum Gasteiger partial charge on any atom is 0.222 e. The highest BCUT2D eigenvalue weighted by Gasteiger charge is 2.36. The number of carbonyl (C=O) groups excluding carboxylic acids is 1. The Balaban J connectivity index is 1.38. The number of aliphatic hydroxyl groups excluding tert-OH is 1. The number of aliphatic hydroxyl groups is 1. The van der Waals surface area contributed by atoms with Gasteiger partial charge in [0, 0.05) is 62.5 Å². The van der Waals surface area contributed by atoms with Crippen molar-refractivity contribution in [3.8, 4) is 0 Å². The molecule has 58 heavy (non-hydrogen) atoms. The molecule has 0 aromatic heterocycles. The number of nitrogens with zero attached hydrogens (tertiary/aromatic N) is 4. The molecular weight excluding hydrogens is 739 g/mol. The minimum absolute atomic E-state index is 0.0107. The Morgan fingerprint density at radius 2 is 1.33 bits per heavy atom. The van der Waals surface area contributed by atoms with Crippen molar-refractivity contribution in [3.63, 3.8) is 0 Å². The van der Waals surface area contributed by atoms with Gasteiger partial charge in [-0.1, -0.05) is 13.8 Å². The summed E-state index contributed by atoms with van der Waals surface area (Å²) in [6.07, 6.45) is 11.2. The van der Waals surface area contributed by atoms with Crippen LogP contribution in [0.2, 0.25) is 0 Å². The third-order valence-corrected chi connectivity index (χ3v) is 11.2. The van der Waals surface area contributed by atoms with Crippen LogP contribution in [-0.4, -0.2) is 126 Å². The van der Waals surface area contributed by atoms with Crippen molar-refractivity contribution in [3.05, 3.63) is 92.5 Å². The van der Waals surface area contributed by atoms with Crippen LogP contribution in [0.4, 0.5) is 0 Å². The Kier molecular flexibility index (Phi) is 17.2. The van der Waals surface area contributed by atoms with Crippen LogP contribution in [-0.2, 0) is 33.2 Å². The molecule has 1 fully saturated rings. The first kappa shape index (κ1) is 44.9. The summed E-state index contributed by atoms with van der Waals surface area (Å²) in [5.41, 5.74) is 12.9. The molecule has 2 atom stereocenters. The maximum atomic E-state index is 14.0. The number of methoxy groups -OCH3 is 2. The second-order valence-corrected chi connectivity index (χ2v) is 14.9. The van der Waals surface area contributed by atoms with Gasteiger partial charge in [0.25, 0.3) is 0 Å². The fourth-order valence-electron chi connectivity index (χ4n) is 7.60. The molecule has 0 saturated carbocycles. The topological polar surface area (TPSA) is 145 Å². The lowest BCUT2D eigenvalue weighted by atomic mass is 9.86. The Morgan fingerprint density at radius 1 is 0.741 bits per heavy atom. The van der Waals surface area contributed by atoms with Gasteiger partial charge in [-0.15, -0.1) is 0 Å². The molecule has 0 unspecified atom stereocenters. The van der Waals surface area contributed by atoms with Crippen molar-refractivity contribution < 1.29 is 38.3 Å². The van der Waals surface area contributed by atoms with Gasteiger partial charge in [0.15, 0.2) is 0 Å². The van der Waals surface area contributed by atoms with Gasteiger partial charge >= 0.3 is 0 Å². The summed E-state index contributed by atoms with van der Waals surface area (Å²) in [7, 11) is 3.28. The number of amides is 1. The van der Waals surface area contributed by atoms with Crippen LogP contribution in [0.1, 0.15) is 60.8 Å². The maximum absolute atomic E-state index is 14.0. The second kappa shape index (κ2) is 22.2. The number of nitrogens with one attached hydrogen (secondary N) is 1. The Labute approximate surface area is 344 Å². The molecule has 1 saturated heterocycles. The van der Waals surface area contributed by atoms with Gasteiger partial charge in [-0.2, -0.15) is 0 Å². The summed E-state index contributed by atoms with van der Waals surface area (Å²) in [5, 5.41) is 14.2. The number of fused-ring (bicyclic) bond motifs is 5. The summed E-state index contributed by atoms with van der Waals surface area (Å²) in [6.45, 7) is 18.1. The fraction of sp³-hybridized carbons (Fsp3) is 0.556. The number of aliphatic imine (C=N–C) groups is 3. The zero-order valence-electron chi connectivity index (χ0n) is 35.7. The van der Waals surface area contributed by atoms with E-state index >= 15 is 0 Å². The monoisotopic (exact) mass is 801 g/mol. The van der Waals surface area contributed by atoms with Crippen LogP contribution in [0, 0.1) is 11.8 Å². The molecule has 8 bridgehead atoms. The van der Waals surface area contributed by atoms with Crippen LogP contribution in [0.5, 0.6) is 0 Å². The summed E-state index contributed by atoms with van der Waals surface area (Å²) < 4.78 is 32.8. The van der Waals surface area contributed by atoms with Gasteiger partial charge in [0.05, 0.1) is 107 Å². The third-order valence-electron chi connectivity index (χ3n) is 11.2. The molecule has 0 spiro atoms. The predicted molar refractivity (Wildman–Crippen MR) is 228 cm³/mol. The Bertz CT molecular complexity index is 1850. The largest absolute Gasteiger partial charge is 0.515 e. The molecule has 13 heteroatoms. The van der Waals surface area contributed by atoms with E-state index in [0.717, 1.165) is 74.9 Å². The zero-order valence-corrected chi connectivity index (χ0v) is 35.7. The van der Waals surface area contributed by atoms with Gasteiger partial charge in [0.2, 0.25) is 5.91 Å². The minimum Gasteiger partial charge on any atom is -0.515 e. The quantitative estimate of drug-likeness (QED) is 0.0926. The molecule has 0 aliphatic carbocycles. The lowest BCUT2D eigenvalue weighted by Crippen LogP contribution is -2.37. The van der Waals surface area contributed by atoms with E-state index in [1.165, 1.54) is 5.57 Å². The van der Waals surface area contributed by atoms with Crippen molar-refractivity contribution in [2.45, 2.75) is 60.8 Å². The number of rotatable bonds is 22. The highest BCUT2D eigenvalue weighted by atomic mass is 16.5. The predicted octanol–water partition coefficient (Wildman–Crippen LogP) is 6.50. The second-order valence-electron chi connectivity index (χ2n) is 14.9. The van der Waals surface area contributed by atoms with Crippen LogP contribution in [0.15, 0.2) is 107 Å². The summed E-state index contributed by atoms with van der Waals surface area (Å²) in [4.78, 5) is 31.1. The van der Waals surface area contributed by atoms with Crippen LogP contribution in [0.25, 0.3) is 0 Å². The smallest absolute Gasteiger partial charge is 0.222 e. The number of hydrogen-bond acceptors (Lipinski definition) is 12. The SMILES string of the molecule is CCC1=C(C)C2=CC3=NC(=C(C)C3=CO)C=C3NC(=C(C)C4=NC(=CC1=N2)C(C)=C4)[C@@H](CCC(=O)N(CCOCCOCCOC)CCOCCOCCOC)[C@@H]3C. The summed E-state index contributed by atoms with van der Waals surface area (Å²) in [6, 6.07) is 0. The lowest BCUT2D eigenvalue weighted by molar-refractivity contribution is -0.133. The van der Waals surface area contributed by atoms with Crippen LogP contribution in [0.3, 0.4) is 0 Å². The van der Waals surface area contributed by atoms with E-state index in [9.17, 15) is 9.90 Å². The first-order chi connectivity index (χ1) is 28.1.